The summed E-state index contributed by atoms with van der Waals surface area (Å²) >= 11 is 10.9. The van der Waals surface area contributed by atoms with Crippen LogP contribution < -0.4 is 10.6 Å². The maximum absolute atomic E-state index is 11.9. The molecular weight excluding hydrogens is 1540 g/mol. The SMILES string of the molecule is CCC1(C)CCCCCCCCCCC2C(CSCCNC(=S)NCC(COCCCS[C@@H]3OC(CO)[C@@H](O)C(O)C3O)(COCCCS[C@@H]3OC(CO)[C@@H](O)C(O)C3O)COCCCS[C@@H]3OC(CO)[C@@H](O[C@@H]4OC(CO)[C@H](O)C(O)C4O)C(O)C3O)O[C@H](OC3C(CO)C[C@H](OCCC1)C(O)[C@@H]3O)C(O)[C@@H]2O. The van der Waals surface area contributed by atoms with Crippen molar-refractivity contribution in [3.05, 3.63) is 0 Å². The van der Waals surface area contributed by atoms with Gasteiger partial charge in [-0.15, -0.1) is 35.3 Å². The highest BCUT2D eigenvalue weighted by molar-refractivity contribution is 8.00. The molecule has 0 amide bonds. The topological polar surface area (TPSA) is 530 Å². The first-order valence-corrected chi connectivity index (χ1v) is 43.6. The van der Waals surface area contributed by atoms with Gasteiger partial charge in [0, 0.05) is 69.5 Å². The Morgan fingerprint density at radius 1 is 0.477 bits per heavy atom. The molecule has 109 heavy (non-hydrogen) atoms. The van der Waals surface area contributed by atoms with E-state index < -0.39 is 220 Å². The highest BCUT2D eigenvalue weighted by Gasteiger charge is 2.53. The number of hydrogen-bond donors (Lipinski definition) is 22. The van der Waals surface area contributed by atoms with Crippen molar-refractivity contribution in [1.82, 2.24) is 10.6 Å². The fraction of sp³-hybridized carbons (Fsp3) is 0.986. The molecule has 9 rings (SSSR count). The van der Waals surface area contributed by atoms with Crippen LogP contribution in [0.25, 0.3) is 0 Å². The van der Waals surface area contributed by atoms with Crippen LogP contribution >= 0.6 is 59.3 Å². The van der Waals surface area contributed by atoms with Crippen LogP contribution in [0.4, 0.5) is 0 Å². The van der Waals surface area contributed by atoms with E-state index in [1.54, 1.807) is 0 Å². The van der Waals surface area contributed by atoms with Crippen LogP contribution in [0.2, 0.25) is 0 Å². The lowest BCUT2D eigenvalue weighted by Gasteiger charge is -2.47. The van der Waals surface area contributed by atoms with Crippen molar-refractivity contribution in [2.45, 2.75) is 292 Å². The quantitative estimate of drug-likeness (QED) is 0.0214. The molecule has 9 aliphatic rings. The Kier molecular flexibility index (Phi) is 43.5. The van der Waals surface area contributed by atoms with E-state index in [4.69, 9.17) is 64.3 Å². The van der Waals surface area contributed by atoms with Crippen molar-refractivity contribution in [3.63, 3.8) is 0 Å². The summed E-state index contributed by atoms with van der Waals surface area (Å²) in [4.78, 5) is 0. The third kappa shape index (κ3) is 28.2. The third-order valence-electron chi connectivity index (χ3n) is 22.1. The minimum atomic E-state index is -1.83. The van der Waals surface area contributed by atoms with Gasteiger partial charge in [-0.1, -0.05) is 71.6 Å². The van der Waals surface area contributed by atoms with Crippen LogP contribution in [0.1, 0.15) is 123 Å². The highest BCUT2D eigenvalue weighted by atomic mass is 32.2. The molecule has 33 nitrogen and oxygen atoms in total. The number of aliphatic hydroxyl groups is 20. The summed E-state index contributed by atoms with van der Waals surface area (Å²) in [6.07, 6.45) is -20.9. The van der Waals surface area contributed by atoms with Gasteiger partial charge in [-0.05, 0) is 86.3 Å². The molecule has 1 aliphatic carbocycles. The lowest BCUT2D eigenvalue weighted by Crippen LogP contribution is -2.64. The lowest BCUT2D eigenvalue weighted by molar-refractivity contribution is -0.338. The first-order valence-electron chi connectivity index (χ1n) is 38.9. The van der Waals surface area contributed by atoms with Crippen molar-refractivity contribution in [2.75, 3.05) is 121 Å². The summed E-state index contributed by atoms with van der Waals surface area (Å²) < 4.78 is 66.8. The number of aliphatic hydroxyl groups excluding tert-OH is 20. The van der Waals surface area contributed by atoms with Crippen LogP contribution in [0.3, 0.4) is 0 Å². The second kappa shape index (κ2) is 49.4. The number of rotatable bonds is 36. The van der Waals surface area contributed by atoms with Gasteiger partial charge in [0.1, 0.15) is 132 Å². The smallest absolute Gasteiger partial charge is 0.187 e. The lowest BCUT2D eigenvalue weighted by atomic mass is 9.78. The number of hydrogen-bond acceptors (Lipinski definition) is 36. The molecule has 8 heterocycles. The van der Waals surface area contributed by atoms with Crippen molar-refractivity contribution < 1.29 is 154 Å². The minimum Gasteiger partial charge on any atom is -0.396 e. The van der Waals surface area contributed by atoms with Gasteiger partial charge in [0.05, 0.1) is 76.1 Å². The fourth-order valence-electron chi connectivity index (χ4n) is 14.9. The summed E-state index contributed by atoms with van der Waals surface area (Å²) in [5.41, 5.74) is -3.87. The van der Waals surface area contributed by atoms with Gasteiger partial charge < -0.3 is 165 Å². The van der Waals surface area contributed by atoms with Gasteiger partial charge in [-0.25, -0.2) is 0 Å². The maximum atomic E-state index is 11.9. The number of thiocarbonyl (C=S) groups is 1. The van der Waals surface area contributed by atoms with Crippen molar-refractivity contribution in [1.29, 1.82) is 0 Å². The van der Waals surface area contributed by atoms with Crippen molar-refractivity contribution in [2.24, 2.45) is 22.7 Å². The number of ether oxygens (including phenoxy) is 11. The molecule has 9 fully saturated rings. The number of fused-ring (bicyclic) bond motifs is 2. The number of nitrogens with one attached hydrogen (secondary N) is 2. The van der Waals surface area contributed by atoms with E-state index in [0.717, 1.165) is 88.8 Å². The molecule has 0 aromatic carbocycles. The Balaban J connectivity index is 0.997. The fourth-order valence-corrected chi connectivity index (χ4v) is 19.3. The molecular formula is C71H130N2O31S5. The third-order valence-corrected chi connectivity index (χ3v) is 27.2. The molecule has 22 N–H and O–H groups in total. The van der Waals surface area contributed by atoms with E-state index in [-0.39, 0.29) is 68.9 Å². The van der Waals surface area contributed by atoms with Gasteiger partial charge in [0.25, 0.3) is 0 Å². The van der Waals surface area contributed by atoms with E-state index in [1.165, 1.54) is 35.3 Å². The average Bonchev–Trinajstić information content (AvgIpc) is 0.797. The van der Waals surface area contributed by atoms with Crippen LogP contribution in [0.15, 0.2) is 0 Å². The van der Waals surface area contributed by atoms with Gasteiger partial charge >= 0.3 is 0 Å². The van der Waals surface area contributed by atoms with Crippen molar-refractivity contribution in [3.8, 4) is 0 Å². The molecule has 38 heteroatoms. The van der Waals surface area contributed by atoms with E-state index in [9.17, 15) is 102 Å². The summed E-state index contributed by atoms with van der Waals surface area (Å²) in [6.45, 7) is 2.81. The first kappa shape index (κ1) is 96.0. The van der Waals surface area contributed by atoms with E-state index in [2.05, 4.69) is 24.5 Å². The normalized spacial score (nSPS) is 41.2. The molecule has 4 bridgehead atoms. The molecule has 31 atom stereocenters. The van der Waals surface area contributed by atoms with E-state index >= 15 is 0 Å². The Hall–Kier alpha value is -0.150. The molecule has 19 unspecified atom stereocenters. The second-order valence-corrected chi connectivity index (χ2v) is 35.6. The van der Waals surface area contributed by atoms with Crippen LogP contribution in [0.5, 0.6) is 0 Å². The Bertz CT molecular complexity index is 2430. The van der Waals surface area contributed by atoms with Gasteiger partial charge in [-0.2, -0.15) is 11.8 Å². The molecule has 8 saturated heterocycles. The number of thioether (sulfide) groups is 4. The van der Waals surface area contributed by atoms with Gasteiger partial charge in [-0.3, -0.25) is 0 Å². The molecule has 0 spiro atoms. The molecule has 0 aromatic rings. The minimum absolute atomic E-state index is 0.00428. The molecule has 0 aromatic heterocycles. The molecule has 0 radical (unpaired) electrons. The standard InChI is InChI=1S/C71H130N2O31S5/c1-3-70(2)17-11-9-7-5-4-6-8-10-16-40-46(99-64(57(89)47(40)79)103-62-39(29-74)28-41(48(80)55(62)87)97-23-12-18-70)34-106-27-19-72-69(105)73-35-71(36-94-20-13-24-107-66-59(91)53(85)50(82)43(31-76)100-66,37-95-21-14-25-108-67-60(92)54(86)51(83)44(32-77)101-67)38-96-22-15-26-109-68-61(93)56(88)63(45(33-78)102-68)104-65-58(90)52(84)49(81)42(30-75)98-65/h39-68,74-93H,3-38H2,1-2H3,(H2,72,73,105)/t39?,40?,41-,42?,43?,44?,45?,46?,47+,48?,49-,50+,51+,52?,53?,54?,55-,56?,57?,58?,59?,60?,61?,62?,63+,64+,65-,66-,67-,68-,70?,71?/m0/s1. The van der Waals surface area contributed by atoms with Gasteiger partial charge in [0.2, 0.25) is 0 Å². The van der Waals surface area contributed by atoms with Gasteiger partial charge in [0.15, 0.2) is 17.7 Å². The first-order chi connectivity index (χ1) is 52.3. The highest BCUT2D eigenvalue weighted by Crippen LogP contribution is 2.40. The molecule has 640 valence electrons. The summed E-state index contributed by atoms with van der Waals surface area (Å²) in [5, 5.41) is 220. The maximum Gasteiger partial charge on any atom is 0.187 e. The summed E-state index contributed by atoms with van der Waals surface area (Å²) in [6, 6.07) is 0. The Morgan fingerprint density at radius 3 is 1.49 bits per heavy atom. The monoisotopic (exact) mass is 1670 g/mol. The summed E-state index contributed by atoms with van der Waals surface area (Å²) in [7, 11) is 0. The van der Waals surface area contributed by atoms with Crippen molar-refractivity contribution >= 4 is 64.4 Å². The summed E-state index contributed by atoms with van der Waals surface area (Å²) in [5.74, 6) is 0.689. The second-order valence-electron chi connectivity index (χ2n) is 30.4. The Labute approximate surface area is 661 Å². The largest absolute Gasteiger partial charge is 0.396 e. The van der Waals surface area contributed by atoms with E-state index in [0.29, 0.717) is 61.8 Å². The molecule has 1 saturated carbocycles. The zero-order chi connectivity index (χ0) is 79.4. The van der Waals surface area contributed by atoms with Crippen LogP contribution in [-0.4, -0.2) is 398 Å². The predicted molar refractivity (Wildman–Crippen MR) is 406 cm³/mol. The van der Waals surface area contributed by atoms with Crippen LogP contribution in [0, 0.1) is 22.7 Å². The Morgan fingerprint density at radius 2 is 0.963 bits per heavy atom. The molecule has 8 aliphatic heterocycles. The zero-order valence-electron chi connectivity index (χ0n) is 62.8. The zero-order valence-corrected chi connectivity index (χ0v) is 66.8. The predicted octanol–water partition coefficient (Wildman–Crippen LogP) is -3.51. The average molecular weight is 1670 g/mol. The van der Waals surface area contributed by atoms with E-state index in [1.807, 2.05) is 0 Å². The van der Waals surface area contributed by atoms with Crippen LogP contribution in [-0.2, 0) is 52.1 Å².